The third-order valence-corrected chi connectivity index (χ3v) is 13.6. The maximum atomic E-state index is 15.7. The van der Waals surface area contributed by atoms with Crippen molar-refractivity contribution in [3.8, 4) is 20.9 Å². The molecule has 40 heavy (non-hydrogen) atoms. The van der Waals surface area contributed by atoms with Crippen molar-refractivity contribution in [1.29, 1.82) is 0 Å². The Balaban J connectivity index is 1.54. The third kappa shape index (κ3) is 3.97. The summed E-state index contributed by atoms with van der Waals surface area (Å²) in [5.41, 5.74) is 18.1. The van der Waals surface area contributed by atoms with E-state index >= 15 is 4.57 Å². The van der Waals surface area contributed by atoms with Crippen LogP contribution in [0.25, 0.3) is 20.9 Å². The molecule has 196 valence electrons. The highest BCUT2D eigenvalue weighted by atomic mass is 32.1. The Labute approximate surface area is 242 Å². The number of hydrogen-bond acceptors (Lipinski definition) is 5. The minimum Gasteiger partial charge on any atom is -0.399 e. The van der Waals surface area contributed by atoms with Crippen LogP contribution in [-0.2, 0) is 4.57 Å². The lowest BCUT2D eigenvalue weighted by Crippen LogP contribution is -2.33. The third-order valence-electron chi connectivity index (χ3n) is 7.69. The molecule has 0 bridgehead atoms. The van der Waals surface area contributed by atoms with Gasteiger partial charge in [0.15, 0.2) is 7.14 Å². The van der Waals surface area contributed by atoms with Crippen LogP contribution in [-0.4, -0.2) is 0 Å². The number of rotatable bonds is 4. The molecule has 6 aromatic rings. The molecule has 0 fully saturated rings. The SMILES string of the molecule is Cc1ccccc1C1c2sc(-c3ccc(N)cc3)cc2P(=O)(c2ccccc2)c2cc(-c3ccc(N)cc3)sc21. The lowest BCUT2D eigenvalue weighted by atomic mass is 9.91. The van der Waals surface area contributed by atoms with Crippen molar-refractivity contribution < 1.29 is 4.57 Å². The van der Waals surface area contributed by atoms with Gasteiger partial charge in [0.05, 0.1) is 5.92 Å². The zero-order valence-corrected chi connectivity index (χ0v) is 24.4. The molecule has 0 atom stereocenters. The first-order valence-electron chi connectivity index (χ1n) is 13.1. The second-order valence-electron chi connectivity index (χ2n) is 10.2. The molecular formula is C34H27N2OPS2. The fraction of sp³-hybridized carbons (Fsp3) is 0.0588. The molecular weight excluding hydrogens is 547 g/mol. The molecule has 0 spiro atoms. The number of fused-ring (bicyclic) bond motifs is 2. The number of aryl methyl sites for hydroxylation is 1. The summed E-state index contributed by atoms with van der Waals surface area (Å²) in [6, 6.07) is 38.9. The summed E-state index contributed by atoms with van der Waals surface area (Å²) in [6.45, 7) is 2.17. The van der Waals surface area contributed by atoms with Crippen LogP contribution < -0.4 is 27.4 Å². The zero-order valence-electron chi connectivity index (χ0n) is 21.9. The van der Waals surface area contributed by atoms with Gasteiger partial charge in [0, 0.05) is 46.8 Å². The van der Waals surface area contributed by atoms with Gasteiger partial charge in [-0.3, -0.25) is 0 Å². The highest BCUT2D eigenvalue weighted by Crippen LogP contribution is 2.58. The van der Waals surface area contributed by atoms with Crippen molar-refractivity contribution >= 4 is 57.1 Å². The van der Waals surface area contributed by atoms with Gasteiger partial charge in [0.25, 0.3) is 0 Å². The van der Waals surface area contributed by atoms with Gasteiger partial charge in [0.2, 0.25) is 0 Å². The van der Waals surface area contributed by atoms with Gasteiger partial charge in [0.1, 0.15) is 0 Å². The van der Waals surface area contributed by atoms with Gasteiger partial charge in [-0.25, -0.2) is 0 Å². The molecule has 7 rings (SSSR count). The van der Waals surface area contributed by atoms with Crippen molar-refractivity contribution in [2.45, 2.75) is 12.8 Å². The first-order chi connectivity index (χ1) is 19.4. The van der Waals surface area contributed by atoms with Gasteiger partial charge in [-0.2, -0.15) is 0 Å². The predicted octanol–water partition coefficient (Wildman–Crippen LogP) is 7.75. The van der Waals surface area contributed by atoms with E-state index in [2.05, 4.69) is 67.6 Å². The molecule has 0 aliphatic carbocycles. The molecule has 0 amide bonds. The number of nitrogen functional groups attached to an aromatic ring is 2. The molecule has 4 N–H and O–H groups in total. The Morgan fingerprint density at radius 1 is 0.625 bits per heavy atom. The van der Waals surface area contributed by atoms with Crippen LogP contribution in [0.4, 0.5) is 11.4 Å². The Morgan fingerprint density at radius 2 is 1.10 bits per heavy atom. The van der Waals surface area contributed by atoms with Crippen LogP contribution in [0, 0.1) is 6.92 Å². The Bertz CT molecular complexity index is 1810. The quantitative estimate of drug-likeness (QED) is 0.167. The van der Waals surface area contributed by atoms with E-state index in [1.165, 1.54) is 11.1 Å². The molecule has 0 saturated carbocycles. The van der Waals surface area contributed by atoms with E-state index in [4.69, 9.17) is 11.5 Å². The number of nitrogens with two attached hydrogens (primary N) is 2. The van der Waals surface area contributed by atoms with E-state index in [-0.39, 0.29) is 5.92 Å². The average molecular weight is 575 g/mol. The van der Waals surface area contributed by atoms with Crippen molar-refractivity contribution in [2.75, 3.05) is 11.5 Å². The number of hydrogen-bond donors (Lipinski definition) is 2. The van der Waals surface area contributed by atoms with Crippen molar-refractivity contribution in [2.24, 2.45) is 0 Å². The predicted molar refractivity (Wildman–Crippen MR) is 173 cm³/mol. The van der Waals surface area contributed by atoms with E-state index in [0.29, 0.717) is 0 Å². The van der Waals surface area contributed by atoms with Crippen LogP contribution in [0.2, 0.25) is 0 Å². The normalized spacial score (nSPS) is 17.8. The lowest BCUT2D eigenvalue weighted by Gasteiger charge is -2.30. The molecule has 2 aromatic heterocycles. The van der Waals surface area contributed by atoms with E-state index in [1.807, 2.05) is 54.6 Å². The van der Waals surface area contributed by atoms with Gasteiger partial charge in [-0.15, -0.1) is 22.7 Å². The van der Waals surface area contributed by atoms with Crippen LogP contribution in [0.5, 0.6) is 0 Å². The smallest absolute Gasteiger partial charge is 0.173 e. The maximum Gasteiger partial charge on any atom is 0.173 e. The molecule has 0 unspecified atom stereocenters. The van der Waals surface area contributed by atoms with Crippen molar-refractivity contribution in [3.05, 3.63) is 136 Å². The Kier molecular flexibility index (Phi) is 6.05. The molecule has 1 aliphatic rings. The first-order valence-corrected chi connectivity index (χ1v) is 16.5. The first kappa shape index (κ1) is 25.1. The monoisotopic (exact) mass is 574 g/mol. The summed E-state index contributed by atoms with van der Waals surface area (Å²) in [7, 11) is -3.17. The van der Waals surface area contributed by atoms with E-state index in [0.717, 1.165) is 57.9 Å². The number of benzene rings is 4. The summed E-state index contributed by atoms with van der Waals surface area (Å²) < 4.78 is 15.7. The number of thiophene rings is 2. The fourth-order valence-electron chi connectivity index (χ4n) is 5.63. The summed E-state index contributed by atoms with van der Waals surface area (Å²) in [4.78, 5) is 4.53. The second-order valence-corrected chi connectivity index (χ2v) is 15.1. The Hall–Kier alpha value is -3.89. The molecule has 0 radical (unpaired) electrons. The second kappa shape index (κ2) is 9.64. The molecule has 1 aliphatic heterocycles. The minimum absolute atomic E-state index is 0.00273. The van der Waals surface area contributed by atoms with E-state index in [1.54, 1.807) is 22.7 Å². The highest BCUT2D eigenvalue weighted by Gasteiger charge is 2.45. The Morgan fingerprint density at radius 3 is 1.60 bits per heavy atom. The lowest BCUT2D eigenvalue weighted by molar-refractivity contribution is 0.592. The average Bonchev–Trinajstić information content (AvgIpc) is 3.62. The summed E-state index contributed by atoms with van der Waals surface area (Å²) >= 11 is 3.50. The van der Waals surface area contributed by atoms with Crippen molar-refractivity contribution in [3.63, 3.8) is 0 Å². The van der Waals surface area contributed by atoms with Gasteiger partial charge in [-0.1, -0.05) is 78.9 Å². The fourth-order valence-corrected chi connectivity index (χ4v) is 12.2. The van der Waals surface area contributed by atoms with E-state index < -0.39 is 7.14 Å². The van der Waals surface area contributed by atoms with Crippen molar-refractivity contribution in [1.82, 2.24) is 0 Å². The van der Waals surface area contributed by atoms with E-state index in [9.17, 15) is 0 Å². The van der Waals surface area contributed by atoms with Gasteiger partial charge < -0.3 is 16.0 Å². The zero-order chi connectivity index (χ0) is 27.4. The maximum absolute atomic E-state index is 15.7. The summed E-state index contributed by atoms with van der Waals surface area (Å²) in [6.07, 6.45) is 0. The van der Waals surface area contributed by atoms with Crippen LogP contribution >= 0.6 is 29.8 Å². The molecule has 3 heterocycles. The topological polar surface area (TPSA) is 69.1 Å². The highest BCUT2D eigenvalue weighted by molar-refractivity contribution is 7.86. The standard InChI is InChI=1S/C34H27N2OPS2/c1-21-7-5-6-10-27(21)32-33-28(19-30(39-33)22-11-15-24(35)16-12-22)38(37,26-8-3-2-4-9-26)29-20-31(40-34(29)32)23-13-17-25(36)18-14-23/h2-20,32H,35-36H2,1H3. The molecule has 4 aromatic carbocycles. The van der Waals surface area contributed by atoms with Crippen LogP contribution in [0.15, 0.2) is 115 Å². The minimum atomic E-state index is -3.17. The van der Waals surface area contributed by atoms with Gasteiger partial charge >= 0.3 is 0 Å². The van der Waals surface area contributed by atoms with Crippen LogP contribution in [0.3, 0.4) is 0 Å². The number of anilines is 2. The molecule has 3 nitrogen and oxygen atoms in total. The molecule has 6 heteroatoms. The van der Waals surface area contributed by atoms with Gasteiger partial charge in [-0.05, 0) is 65.6 Å². The molecule has 0 saturated heterocycles. The largest absolute Gasteiger partial charge is 0.399 e. The summed E-state index contributed by atoms with van der Waals surface area (Å²) in [5.74, 6) is -0.00273. The van der Waals surface area contributed by atoms with Crippen LogP contribution in [0.1, 0.15) is 26.8 Å². The summed E-state index contributed by atoms with van der Waals surface area (Å²) in [5, 5.41) is 2.75.